The van der Waals surface area contributed by atoms with E-state index in [2.05, 4.69) is 25.7 Å². The lowest BCUT2D eigenvalue weighted by Crippen LogP contribution is -2.47. The van der Waals surface area contributed by atoms with Gasteiger partial charge in [0, 0.05) is 12.1 Å². The summed E-state index contributed by atoms with van der Waals surface area (Å²) in [6.45, 7) is 8.85. The van der Waals surface area contributed by atoms with Crippen LogP contribution in [0.25, 0.3) is 0 Å². The van der Waals surface area contributed by atoms with Crippen molar-refractivity contribution in [1.82, 2.24) is 4.90 Å². The predicted molar refractivity (Wildman–Crippen MR) is 79.4 cm³/mol. The first kappa shape index (κ1) is 14.3. The zero-order valence-electron chi connectivity index (χ0n) is 12.3. The Bertz CT molecular complexity index is 415. The number of carbonyl (C=O) groups excluding carboxylic acids is 1. The van der Waals surface area contributed by atoms with E-state index in [-0.39, 0.29) is 11.8 Å². The number of Topliss-reactive ketones (excluding diaryl/α,β-unsaturated/α-hetero) is 1. The molecule has 1 aliphatic heterocycles. The summed E-state index contributed by atoms with van der Waals surface area (Å²) >= 11 is 0. The summed E-state index contributed by atoms with van der Waals surface area (Å²) in [5.41, 5.74) is 0.848. The lowest BCUT2D eigenvalue weighted by molar-refractivity contribution is 0.0643. The van der Waals surface area contributed by atoms with Crippen molar-refractivity contribution in [2.45, 2.75) is 39.7 Å². The molecule has 19 heavy (non-hydrogen) atoms. The highest BCUT2D eigenvalue weighted by molar-refractivity contribution is 6.00. The van der Waals surface area contributed by atoms with Crippen LogP contribution in [0.2, 0.25) is 0 Å². The Hall–Kier alpha value is -1.15. The molecule has 2 nitrogen and oxygen atoms in total. The van der Waals surface area contributed by atoms with Crippen molar-refractivity contribution in [3.8, 4) is 0 Å². The first-order chi connectivity index (χ1) is 9.13. The van der Waals surface area contributed by atoms with Crippen LogP contribution in [0.15, 0.2) is 30.3 Å². The summed E-state index contributed by atoms with van der Waals surface area (Å²) in [6.07, 6.45) is 2.11. The van der Waals surface area contributed by atoms with Crippen molar-refractivity contribution in [3.63, 3.8) is 0 Å². The normalized spacial score (nSPS) is 26.1. The van der Waals surface area contributed by atoms with Gasteiger partial charge in [0.25, 0.3) is 0 Å². The number of carbonyl (C=O) groups is 1. The Morgan fingerprint density at radius 1 is 1.26 bits per heavy atom. The average molecular weight is 259 g/mol. The number of piperidine rings is 1. The third-order valence-electron chi connectivity index (χ3n) is 4.55. The number of rotatable bonds is 4. The Labute approximate surface area is 116 Å². The van der Waals surface area contributed by atoms with Crippen molar-refractivity contribution in [2.24, 2.45) is 11.8 Å². The number of benzene rings is 1. The van der Waals surface area contributed by atoms with Gasteiger partial charge >= 0.3 is 0 Å². The zero-order valence-corrected chi connectivity index (χ0v) is 12.3. The van der Waals surface area contributed by atoms with E-state index in [1.165, 1.54) is 6.42 Å². The van der Waals surface area contributed by atoms with Gasteiger partial charge in [-0.15, -0.1) is 0 Å². The smallest absolute Gasteiger partial charge is 0.179 e. The fraction of sp³-hybridized carbons (Fsp3) is 0.588. The molecule has 0 N–H and O–H groups in total. The second-order valence-corrected chi connectivity index (χ2v) is 5.89. The number of likely N-dealkylation sites (tertiary alicyclic amines) is 1. The van der Waals surface area contributed by atoms with Gasteiger partial charge in [-0.2, -0.15) is 0 Å². The average Bonchev–Trinajstić information content (AvgIpc) is 2.44. The van der Waals surface area contributed by atoms with Crippen LogP contribution in [0, 0.1) is 11.8 Å². The second-order valence-electron chi connectivity index (χ2n) is 5.89. The molecule has 1 fully saturated rings. The molecule has 1 aliphatic rings. The van der Waals surface area contributed by atoms with Gasteiger partial charge in [-0.05, 0) is 31.2 Å². The molecular weight excluding hydrogens is 234 g/mol. The maximum atomic E-state index is 12.6. The summed E-state index contributed by atoms with van der Waals surface area (Å²) < 4.78 is 0. The molecule has 0 spiro atoms. The van der Waals surface area contributed by atoms with E-state index in [1.807, 2.05) is 30.3 Å². The maximum Gasteiger partial charge on any atom is 0.179 e. The van der Waals surface area contributed by atoms with Crippen LogP contribution in [0.1, 0.15) is 44.0 Å². The van der Waals surface area contributed by atoms with Crippen molar-refractivity contribution >= 4 is 5.78 Å². The summed E-state index contributed by atoms with van der Waals surface area (Å²) in [5, 5.41) is 0. The minimum Gasteiger partial charge on any atom is -0.293 e. The van der Waals surface area contributed by atoms with Gasteiger partial charge in [-0.3, -0.25) is 9.69 Å². The van der Waals surface area contributed by atoms with Crippen LogP contribution in [-0.2, 0) is 0 Å². The topological polar surface area (TPSA) is 20.3 Å². The fourth-order valence-electron chi connectivity index (χ4n) is 2.98. The molecule has 104 valence electrons. The minimum absolute atomic E-state index is 0.0531. The Kier molecular flexibility index (Phi) is 4.76. The van der Waals surface area contributed by atoms with Crippen LogP contribution >= 0.6 is 0 Å². The molecule has 0 aromatic heterocycles. The third-order valence-corrected chi connectivity index (χ3v) is 4.55. The first-order valence-corrected chi connectivity index (χ1v) is 7.46. The molecule has 2 rings (SSSR count). The van der Waals surface area contributed by atoms with Crippen LogP contribution in [0.3, 0.4) is 0 Å². The van der Waals surface area contributed by atoms with Crippen LogP contribution in [0.4, 0.5) is 0 Å². The molecule has 3 atom stereocenters. The largest absolute Gasteiger partial charge is 0.293 e. The van der Waals surface area contributed by atoms with E-state index in [0.29, 0.717) is 5.92 Å². The molecule has 1 aromatic carbocycles. The fourth-order valence-corrected chi connectivity index (χ4v) is 2.98. The van der Waals surface area contributed by atoms with Gasteiger partial charge in [-0.1, -0.05) is 51.1 Å². The summed E-state index contributed by atoms with van der Waals surface area (Å²) in [4.78, 5) is 15.0. The van der Waals surface area contributed by atoms with Crippen LogP contribution < -0.4 is 0 Å². The van der Waals surface area contributed by atoms with Crippen molar-refractivity contribution in [2.75, 3.05) is 13.1 Å². The maximum absolute atomic E-state index is 12.6. The molecule has 0 amide bonds. The standard InChI is InChI=1S/C17H25NO/c1-4-16(17(19)15-8-6-5-7-9-15)18-11-10-13(2)14(3)12-18/h5-9,13-14,16H,4,10-12H2,1-3H3. The number of hydrogen-bond donors (Lipinski definition) is 0. The molecule has 0 saturated carbocycles. The quantitative estimate of drug-likeness (QED) is 0.770. The van der Waals surface area contributed by atoms with Gasteiger partial charge in [0.05, 0.1) is 6.04 Å². The lowest BCUT2D eigenvalue weighted by Gasteiger charge is -2.39. The zero-order chi connectivity index (χ0) is 13.8. The number of ketones is 1. The molecule has 3 unspecified atom stereocenters. The SMILES string of the molecule is CCC(C(=O)c1ccccc1)N1CCC(C)C(C)C1. The molecule has 0 bridgehead atoms. The van der Waals surface area contributed by atoms with Gasteiger partial charge < -0.3 is 0 Å². The molecule has 1 aromatic rings. The molecule has 0 aliphatic carbocycles. The highest BCUT2D eigenvalue weighted by Crippen LogP contribution is 2.25. The van der Waals surface area contributed by atoms with Gasteiger partial charge in [0.2, 0.25) is 0 Å². The first-order valence-electron chi connectivity index (χ1n) is 7.46. The highest BCUT2D eigenvalue weighted by Gasteiger charge is 2.30. The van der Waals surface area contributed by atoms with Crippen LogP contribution in [-0.4, -0.2) is 29.8 Å². The van der Waals surface area contributed by atoms with Crippen molar-refractivity contribution in [1.29, 1.82) is 0 Å². The summed E-state index contributed by atoms with van der Waals surface area (Å²) in [5.74, 6) is 1.75. The number of hydrogen-bond acceptors (Lipinski definition) is 2. The Morgan fingerprint density at radius 3 is 2.53 bits per heavy atom. The summed E-state index contributed by atoms with van der Waals surface area (Å²) in [6, 6.07) is 9.77. The van der Waals surface area contributed by atoms with Crippen molar-refractivity contribution < 1.29 is 4.79 Å². The van der Waals surface area contributed by atoms with E-state index in [9.17, 15) is 4.79 Å². The lowest BCUT2D eigenvalue weighted by atomic mass is 9.87. The Morgan fingerprint density at radius 2 is 1.95 bits per heavy atom. The Balaban J connectivity index is 2.10. The van der Waals surface area contributed by atoms with Gasteiger partial charge in [0.15, 0.2) is 5.78 Å². The van der Waals surface area contributed by atoms with E-state index in [4.69, 9.17) is 0 Å². The minimum atomic E-state index is 0.0531. The molecular formula is C17H25NO. The highest BCUT2D eigenvalue weighted by atomic mass is 16.1. The van der Waals surface area contributed by atoms with Gasteiger partial charge in [0.1, 0.15) is 0 Å². The van der Waals surface area contributed by atoms with Gasteiger partial charge in [-0.25, -0.2) is 0 Å². The predicted octanol–water partition coefficient (Wildman–Crippen LogP) is 3.63. The molecule has 1 saturated heterocycles. The molecule has 2 heteroatoms. The van der Waals surface area contributed by atoms with E-state index < -0.39 is 0 Å². The third kappa shape index (κ3) is 3.24. The second kappa shape index (κ2) is 6.33. The monoisotopic (exact) mass is 259 g/mol. The van der Waals surface area contributed by atoms with Crippen molar-refractivity contribution in [3.05, 3.63) is 35.9 Å². The van der Waals surface area contributed by atoms with E-state index >= 15 is 0 Å². The van der Waals surface area contributed by atoms with E-state index in [1.54, 1.807) is 0 Å². The summed E-state index contributed by atoms with van der Waals surface area (Å²) in [7, 11) is 0. The van der Waals surface area contributed by atoms with Crippen LogP contribution in [0.5, 0.6) is 0 Å². The number of nitrogens with zero attached hydrogens (tertiary/aromatic N) is 1. The molecule has 0 radical (unpaired) electrons. The molecule has 1 heterocycles. The van der Waals surface area contributed by atoms with E-state index in [0.717, 1.165) is 31.0 Å².